The van der Waals surface area contributed by atoms with Crippen molar-refractivity contribution in [3.8, 4) is 11.5 Å². The van der Waals surface area contributed by atoms with Crippen molar-refractivity contribution >= 4 is 5.91 Å². The SMILES string of the molecule is COc1cc2c(cc1OC)[C@@H](c1ccccc1)N(C(=O)CN(C)Cc1cnn(C)c1)CC2. The first-order valence-electron chi connectivity index (χ1n) is 10.8. The second-order valence-corrected chi connectivity index (χ2v) is 8.25. The number of likely N-dealkylation sites (N-methyl/N-ethyl adjacent to an activating group) is 1. The van der Waals surface area contributed by atoms with Crippen molar-refractivity contribution in [1.82, 2.24) is 19.6 Å². The fraction of sp³-hybridized carbons (Fsp3) is 0.360. The lowest BCUT2D eigenvalue weighted by Crippen LogP contribution is -2.44. The van der Waals surface area contributed by atoms with E-state index >= 15 is 0 Å². The van der Waals surface area contributed by atoms with Crippen LogP contribution in [0.15, 0.2) is 54.9 Å². The summed E-state index contributed by atoms with van der Waals surface area (Å²) in [6.07, 6.45) is 4.59. The summed E-state index contributed by atoms with van der Waals surface area (Å²) in [6.45, 7) is 1.66. The number of hydrogen-bond donors (Lipinski definition) is 0. The van der Waals surface area contributed by atoms with E-state index in [4.69, 9.17) is 9.47 Å². The van der Waals surface area contributed by atoms with E-state index in [1.165, 1.54) is 5.56 Å². The van der Waals surface area contributed by atoms with Crippen LogP contribution in [-0.2, 0) is 24.8 Å². The Morgan fingerprint density at radius 2 is 1.88 bits per heavy atom. The molecule has 1 aliphatic rings. The molecule has 2 aromatic carbocycles. The van der Waals surface area contributed by atoms with Crippen LogP contribution in [0.5, 0.6) is 11.5 Å². The molecule has 0 spiro atoms. The first kappa shape index (κ1) is 21.9. The quantitative estimate of drug-likeness (QED) is 0.572. The number of hydrogen-bond acceptors (Lipinski definition) is 5. The van der Waals surface area contributed by atoms with Crippen LogP contribution in [0.2, 0.25) is 0 Å². The summed E-state index contributed by atoms with van der Waals surface area (Å²) in [5, 5.41) is 4.22. The molecule has 4 rings (SSSR count). The topological polar surface area (TPSA) is 59.8 Å². The van der Waals surface area contributed by atoms with Gasteiger partial charge in [0, 0.05) is 31.9 Å². The predicted molar refractivity (Wildman–Crippen MR) is 123 cm³/mol. The van der Waals surface area contributed by atoms with E-state index in [1.807, 2.05) is 66.6 Å². The van der Waals surface area contributed by atoms with Crippen LogP contribution < -0.4 is 9.47 Å². The van der Waals surface area contributed by atoms with Crippen LogP contribution in [0.1, 0.15) is 28.3 Å². The maximum Gasteiger partial charge on any atom is 0.237 e. The zero-order valence-electron chi connectivity index (χ0n) is 19.1. The molecular formula is C25H30N4O3. The molecule has 7 nitrogen and oxygen atoms in total. The van der Waals surface area contributed by atoms with Crippen LogP contribution in [0.4, 0.5) is 0 Å². The molecular weight excluding hydrogens is 404 g/mol. The molecule has 0 unspecified atom stereocenters. The lowest BCUT2D eigenvalue weighted by Gasteiger charge is -2.39. The van der Waals surface area contributed by atoms with Crippen LogP contribution in [0, 0.1) is 0 Å². The van der Waals surface area contributed by atoms with Gasteiger partial charge in [0.15, 0.2) is 11.5 Å². The van der Waals surface area contributed by atoms with E-state index in [9.17, 15) is 4.79 Å². The Bertz CT molecular complexity index is 1080. The molecule has 1 atom stereocenters. The summed E-state index contributed by atoms with van der Waals surface area (Å²) >= 11 is 0. The lowest BCUT2D eigenvalue weighted by molar-refractivity contribution is -0.134. The van der Waals surface area contributed by atoms with Crippen molar-refractivity contribution in [3.63, 3.8) is 0 Å². The largest absolute Gasteiger partial charge is 0.493 e. The Morgan fingerprint density at radius 1 is 1.16 bits per heavy atom. The fourth-order valence-corrected chi connectivity index (χ4v) is 4.45. The maximum absolute atomic E-state index is 13.5. The molecule has 168 valence electrons. The predicted octanol–water partition coefficient (Wildman–Crippen LogP) is 3.04. The molecule has 0 saturated heterocycles. The average Bonchev–Trinajstić information content (AvgIpc) is 3.21. The average molecular weight is 435 g/mol. The molecule has 1 amide bonds. The highest BCUT2D eigenvalue weighted by Gasteiger charge is 2.33. The number of fused-ring (bicyclic) bond motifs is 1. The first-order valence-corrected chi connectivity index (χ1v) is 10.8. The number of nitrogens with zero attached hydrogens (tertiary/aromatic N) is 4. The van der Waals surface area contributed by atoms with E-state index in [2.05, 4.69) is 17.2 Å². The standard InChI is InChI=1S/C25H30N4O3/c1-27(15-18-14-26-28(2)16-18)17-24(30)29-11-10-20-12-22(31-3)23(32-4)13-21(20)25(29)19-8-6-5-7-9-19/h5-9,12-14,16,25H,10-11,15,17H2,1-4H3/t25-/m1/s1. The van der Waals surface area contributed by atoms with Crippen LogP contribution in [-0.4, -0.2) is 59.8 Å². The van der Waals surface area contributed by atoms with Crippen molar-refractivity contribution < 1.29 is 14.3 Å². The van der Waals surface area contributed by atoms with Crippen molar-refractivity contribution in [1.29, 1.82) is 0 Å². The minimum atomic E-state index is -0.168. The van der Waals surface area contributed by atoms with E-state index in [0.29, 0.717) is 31.1 Å². The second-order valence-electron chi connectivity index (χ2n) is 8.25. The molecule has 32 heavy (non-hydrogen) atoms. The summed E-state index contributed by atoms with van der Waals surface area (Å²) in [4.78, 5) is 17.5. The normalized spacial score (nSPS) is 15.5. The van der Waals surface area contributed by atoms with Crippen molar-refractivity contribution in [2.45, 2.75) is 19.0 Å². The maximum atomic E-state index is 13.5. The minimum Gasteiger partial charge on any atom is -0.493 e. The Kier molecular flexibility index (Phi) is 6.46. The summed E-state index contributed by atoms with van der Waals surface area (Å²) in [6, 6.07) is 14.1. The molecule has 1 aromatic heterocycles. The molecule has 2 heterocycles. The van der Waals surface area contributed by atoms with Crippen molar-refractivity contribution in [2.75, 3.05) is 34.4 Å². The molecule has 0 radical (unpaired) electrons. The second kappa shape index (κ2) is 9.44. The number of amides is 1. The van der Waals surface area contributed by atoms with E-state index < -0.39 is 0 Å². The number of aromatic nitrogens is 2. The summed E-state index contributed by atoms with van der Waals surface area (Å²) < 4.78 is 12.9. The van der Waals surface area contributed by atoms with Gasteiger partial charge in [-0.1, -0.05) is 30.3 Å². The monoisotopic (exact) mass is 434 g/mol. The van der Waals surface area contributed by atoms with Crippen molar-refractivity contribution in [2.24, 2.45) is 7.05 Å². The Balaban J connectivity index is 1.63. The van der Waals surface area contributed by atoms with Gasteiger partial charge >= 0.3 is 0 Å². The van der Waals surface area contributed by atoms with Gasteiger partial charge in [-0.25, -0.2) is 0 Å². The summed E-state index contributed by atoms with van der Waals surface area (Å²) in [5.74, 6) is 1.50. The van der Waals surface area contributed by atoms with Crippen LogP contribution >= 0.6 is 0 Å². The van der Waals surface area contributed by atoms with Gasteiger partial charge in [-0.3, -0.25) is 14.4 Å². The Morgan fingerprint density at radius 3 is 2.53 bits per heavy atom. The molecule has 3 aromatic rings. The molecule has 0 saturated carbocycles. The smallest absolute Gasteiger partial charge is 0.237 e. The lowest BCUT2D eigenvalue weighted by atomic mass is 9.87. The molecule has 1 aliphatic heterocycles. The van der Waals surface area contributed by atoms with Crippen LogP contribution in [0.25, 0.3) is 0 Å². The van der Waals surface area contributed by atoms with Gasteiger partial charge < -0.3 is 14.4 Å². The summed E-state index contributed by atoms with van der Waals surface area (Å²) in [7, 11) is 7.15. The third-order valence-corrected chi connectivity index (χ3v) is 5.93. The fourth-order valence-electron chi connectivity index (χ4n) is 4.45. The van der Waals surface area contributed by atoms with Gasteiger partial charge in [-0.2, -0.15) is 5.10 Å². The number of benzene rings is 2. The number of rotatable bonds is 7. The highest BCUT2D eigenvalue weighted by atomic mass is 16.5. The number of ether oxygens (including phenoxy) is 2. The van der Waals surface area contributed by atoms with Gasteiger partial charge in [0.05, 0.1) is 33.0 Å². The summed E-state index contributed by atoms with van der Waals surface area (Å²) in [5.41, 5.74) is 4.44. The first-order chi connectivity index (χ1) is 15.5. The highest BCUT2D eigenvalue weighted by molar-refractivity contribution is 5.80. The molecule has 7 heteroatoms. The van der Waals surface area contributed by atoms with E-state index in [1.54, 1.807) is 18.9 Å². The van der Waals surface area contributed by atoms with Gasteiger partial charge in [-0.05, 0) is 42.3 Å². The Hall–Kier alpha value is -3.32. The third-order valence-electron chi connectivity index (χ3n) is 5.93. The molecule has 0 aliphatic carbocycles. The molecule has 0 fully saturated rings. The highest BCUT2D eigenvalue weighted by Crippen LogP contribution is 2.41. The number of methoxy groups -OCH3 is 2. The van der Waals surface area contributed by atoms with Crippen molar-refractivity contribution in [3.05, 3.63) is 77.1 Å². The van der Waals surface area contributed by atoms with E-state index in [0.717, 1.165) is 23.1 Å². The molecule has 0 bridgehead atoms. The van der Waals surface area contributed by atoms with Gasteiger partial charge in [-0.15, -0.1) is 0 Å². The van der Waals surface area contributed by atoms with Gasteiger partial charge in [0.25, 0.3) is 0 Å². The van der Waals surface area contributed by atoms with E-state index in [-0.39, 0.29) is 11.9 Å². The number of carbonyl (C=O) groups excluding carboxylic acids is 1. The third kappa shape index (κ3) is 4.48. The molecule has 0 N–H and O–H groups in total. The van der Waals surface area contributed by atoms with Crippen LogP contribution in [0.3, 0.4) is 0 Å². The van der Waals surface area contributed by atoms with Gasteiger partial charge in [0.1, 0.15) is 0 Å². The number of aryl methyl sites for hydroxylation is 1. The zero-order valence-corrected chi connectivity index (χ0v) is 19.1. The Labute approximate surface area is 189 Å². The minimum absolute atomic E-state index is 0.102. The zero-order chi connectivity index (χ0) is 22.7. The number of carbonyl (C=O) groups is 1. The van der Waals surface area contributed by atoms with Gasteiger partial charge in [0.2, 0.25) is 5.91 Å².